The van der Waals surface area contributed by atoms with Crippen molar-refractivity contribution in [2.75, 3.05) is 0 Å². The van der Waals surface area contributed by atoms with Gasteiger partial charge in [0.25, 0.3) is 0 Å². The highest BCUT2D eigenvalue weighted by Gasteiger charge is 2.24. The zero-order valence-corrected chi connectivity index (χ0v) is 5.14. The predicted molar refractivity (Wildman–Crippen MR) is 36.6 cm³/mol. The fraction of sp³-hybridized carbons (Fsp3) is 0.500. The van der Waals surface area contributed by atoms with Crippen LogP contribution in [0.3, 0.4) is 0 Å². The van der Waals surface area contributed by atoms with Crippen LogP contribution in [-0.2, 0) is 0 Å². The molecule has 0 nitrogen and oxygen atoms in total. The molecule has 0 heterocycles. The van der Waals surface area contributed by atoms with E-state index >= 15 is 0 Å². The van der Waals surface area contributed by atoms with Crippen molar-refractivity contribution in [3.05, 3.63) is 25.3 Å². The molecule has 1 aliphatic carbocycles. The van der Waals surface area contributed by atoms with Gasteiger partial charge in [0.1, 0.15) is 0 Å². The van der Waals surface area contributed by atoms with Crippen molar-refractivity contribution in [1.82, 2.24) is 0 Å². The molecule has 8 heavy (non-hydrogen) atoms. The highest BCUT2D eigenvalue weighted by Crippen LogP contribution is 2.35. The minimum atomic E-state index is 0.743. The van der Waals surface area contributed by atoms with Crippen LogP contribution in [0.2, 0.25) is 0 Å². The molecule has 1 aliphatic rings. The molecule has 44 valence electrons. The minimum Gasteiger partial charge on any atom is -0.103 e. The quantitative estimate of drug-likeness (QED) is 0.476. The molecule has 0 aliphatic heterocycles. The van der Waals surface area contributed by atoms with Gasteiger partial charge in [-0.15, -0.1) is 13.2 Å². The summed E-state index contributed by atoms with van der Waals surface area (Å²) in [5.41, 5.74) is 0. The summed E-state index contributed by atoms with van der Waals surface area (Å²) in [5.74, 6) is 1.49. The SMILES string of the molecule is C=C[C@@H]1CC[C@@H]1C=C. The second-order valence-electron chi connectivity index (χ2n) is 2.38. The second-order valence-corrected chi connectivity index (χ2v) is 2.38. The fourth-order valence-electron chi connectivity index (χ4n) is 1.14. The van der Waals surface area contributed by atoms with Crippen LogP contribution >= 0.6 is 0 Å². The van der Waals surface area contributed by atoms with Gasteiger partial charge in [0.05, 0.1) is 0 Å². The Kier molecular flexibility index (Phi) is 1.52. The van der Waals surface area contributed by atoms with Crippen molar-refractivity contribution in [1.29, 1.82) is 0 Å². The lowest BCUT2D eigenvalue weighted by Crippen LogP contribution is -2.20. The van der Waals surface area contributed by atoms with Gasteiger partial charge in [-0.2, -0.15) is 0 Å². The first-order valence-corrected chi connectivity index (χ1v) is 3.13. The molecular formula is C8H12. The van der Waals surface area contributed by atoms with Gasteiger partial charge in [0.15, 0.2) is 0 Å². The van der Waals surface area contributed by atoms with Crippen LogP contribution in [0.5, 0.6) is 0 Å². The zero-order valence-electron chi connectivity index (χ0n) is 5.14. The smallest absolute Gasteiger partial charge is 0.0173 e. The molecule has 0 N–H and O–H groups in total. The summed E-state index contributed by atoms with van der Waals surface area (Å²) in [4.78, 5) is 0. The molecule has 0 spiro atoms. The summed E-state index contributed by atoms with van der Waals surface area (Å²) in [6.45, 7) is 7.47. The maximum atomic E-state index is 3.73. The van der Waals surface area contributed by atoms with Gasteiger partial charge < -0.3 is 0 Å². The highest BCUT2D eigenvalue weighted by atomic mass is 14.3. The molecule has 0 aromatic carbocycles. The van der Waals surface area contributed by atoms with Crippen LogP contribution in [0.25, 0.3) is 0 Å². The zero-order chi connectivity index (χ0) is 5.98. The van der Waals surface area contributed by atoms with Crippen LogP contribution in [0.15, 0.2) is 25.3 Å². The number of hydrogen-bond acceptors (Lipinski definition) is 0. The molecular weight excluding hydrogens is 96.1 g/mol. The molecule has 0 saturated heterocycles. The summed E-state index contributed by atoms with van der Waals surface area (Å²) in [7, 11) is 0. The highest BCUT2D eigenvalue weighted by molar-refractivity contribution is 4.99. The van der Waals surface area contributed by atoms with Gasteiger partial charge >= 0.3 is 0 Å². The Labute approximate surface area is 50.9 Å². The molecule has 0 unspecified atom stereocenters. The first-order chi connectivity index (χ1) is 3.88. The monoisotopic (exact) mass is 108 g/mol. The van der Waals surface area contributed by atoms with E-state index in [-0.39, 0.29) is 0 Å². The summed E-state index contributed by atoms with van der Waals surface area (Å²) >= 11 is 0. The summed E-state index contributed by atoms with van der Waals surface area (Å²) < 4.78 is 0. The third kappa shape index (κ3) is 0.706. The molecule has 0 radical (unpaired) electrons. The van der Waals surface area contributed by atoms with E-state index in [4.69, 9.17) is 0 Å². The summed E-state index contributed by atoms with van der Waals surface area (Å²) in [5, 5.41) is 0. The predicted octanol–water partition coefficient (Wildman–Crippen LogP) is 2.38. The fourth-order valence-corrected chi connectivity index (χ4v) is 1.14. The van der Waals surface area contributed by atoms with E-state index in [0.717, 1.165) is 11.8 Å². The van der Waals surface area contributed by atoms with E-state index in [1.54, 1.807) is 0 Å². The second kappa shape index (κ2) is 2.17. The molecule has 1 rings (SSSR count). The third-order valence-corrected chi connectivity index (χ3v) is 1.99. The van der Waals surface area contributed by atoms with E-state index in [1.807, 2.05) is 12.2 Å². The van der Waals surface area contributed by atoms with Gasteiger partial charge in [-0.05, 0) is 24.7 Å². The topological polar surface area (TPSA) is 0 Å². The lowest BCUT2D eigenvalue weighted by molar-refractivity contribution is 0.287. The number of rotatable bonds is 2. The van der Waals surface area contributed by atoms with Crippen LogP contribution in [0, 0.1) is 11.8 Å². The Balaban J connectivity index is 2.36. The van der Waals surface area contributed by atoms with Crippen molar-refractivity contribution in [3.8, 4) is 0 Å². The molecule has 0 aromatic heterocycles. The lowest BCUT2D eigenvalue weighted by atomic mass is 9.74. The van der Waals surface area contributed by atoms with Crippen LogP contribution in [0.1, 0.15) is 12.8 Å². The number of allylic oxidation sites excluding steroid dienone is 2. The van der Waals surface area contributed by atoms with Crippen LogP contribution < -0.4 is 0 Å². The largest absolute Gasteiger partial charge is 0.103 e. The average Bonchev–Trinajstić information content (AvgIpc) is 1.66. The van der Waals surface area contributed by atoms with Gasteiger partial charge in [-0.3, -0.25) is 0 Å². The Bertz CT molecular complexity index is 88.6. The summed E-state index contributed by atoms with van der Waals surface area (Å²) in [6.07, 6.45) is 6.71. The van der Waals surface area contributed by atoms with Crippen molar-refractivity contribution < 1.29 is 0 Å². The van der Waals surface area contributed by atoms with Gasteiger partial charge in [-0.1, -0.05) is 12.2 Å². The molecule has 1 fully saturated rings. The Morgan fingerprint density at radius 1 is 1.00 bits per heavy atom. The third-order valence-electron chi connectivity index (χ3n) is 1.99. The van der Waals surface area contributed by atoms with Gasteiger partial charge in [0.2, 0.25) is 0 Å². The van der Waals surface area contributed by atoms with Gasteiger partial charge in [-0.25, -0.2) is 0 Å². The molecule has 0 bridgehead atoms. The van der Waals surface area contributed by atoms with E-state index in [1.165, 1.54) is 12.8 Å². The average molecular weight is 108 g/mol. The maximum Gasteiger partial charge on any atom is -0.0173 e. The van der Waals surface area contributed by atoms with Gasteiger partial charge in [0, 0.05) is 0 Å². The molecule has 0 heteroatoms. The van der Waals surface area contributed by atoms with Crippen LogP contribution in [0.4, 0.5) is 0 Å². The van der Waals surface area contributed by atoms with E-state index in [0.29, 0.717) is 0 Å². The normalized spacial score (nSPS) is 35.5. The Morgan fingerprint density at radius 3 is 1.50 bits per heavy atom. The Hall–Kier alpha value is -0.520. The van der Waals surface area contributed by atoms with Crippen molar-refractivity contribution in [3.63, 3.8) is 0 Å². The maximum absolute atomic E-state index is 3.73. The van der Waals surface area contributed by atoms with Crippen molar-refractivity contribution >= 4 is 0 Å². The molecule has 2 atom stereocenters. The first kappa shape index (κ1) is 5.61. The Morgan fingerprint density at radius 2 is 1.38 bits per heavy atom. The van der Waals surface area contributed by atoms with Crippen molar-refractivity contribution in [2.45, 2.75) is 12.8 Å². The molecule has 0 aromatic rings. The minimum absolute atomic E-state index is 0.743. The molecule has 0 amide bonds. The standard InChI is InChI=1S/C8H12/c1-3-7-5-6-8(7)4-2/h3-4,7-8H,1-2,5-6H2/t7-,8+. The van der Waals surface area contributed by atoms with E-state index in [2.05, 4.69) is 13.2 Å². The molecule has 1 saturated carbocycles. The number of hydrogen-bond donors (Lipinski definition) is 0. The van der Waals surface area contributed by atoms with E-state index in [9.17, 15) is 0 Å². The van der Waals surface area contributed by atoms with E-state index < -0.39 is 0 Å². The summed E-state index contributed by atoms with van der Waals surface area (Å²) in [6, 6.07) is 0. The first-order valence-electron chi connectivity index (χ1n) is 3.13. The lowest BCUT2D eigenvalue weighted by Gasteiger charge is -2.31. The van der Waals surface area contributed by atoms with Crippen molar-refractivity contribution in [2.24, 2.45) is 11.8 Å². The van der Waals surface area contributed by atoms with Crippen LogP contribution in [-0.4, -0.2) is 0 Å².